The Balaban J connectivity index is 1.90. The lowest BCUT2D eigenvalue weighted by molar-refractivity contribution is -0.114. The van der Waals surface area contributed by atoms with E-state index in [0.717, 1.165) is 13.4 Å². The number of anilines is 2. The standard InChI is InChI=1S/C21H19IN2O3S/c1-16-7-13-20(14-8-16)28(26,27)24(19-5-3-2-4-6-19)15-21(25)23-18-11-9-17(22)10-12-18/h2-14H,15H2,1H3,(H,23,25). The van der Waals surface area contributed by atoms with Gasteiger partial charge in [-0.15, -0.1) is 0 Å². The summed E-state index contributed by atoms with van der Waals surface area (Å²) in [5.41, 5.74) is 2.01. The highest BCUT2D eigenvalue weighted by atomic mass is 127. The topological polar surface area (TPSA) is 66.5 Å². The summed E-state index contributed by atoms with van der Waals surface area (Å²) in [5, 5.41) is 2.75. The summed E-state index contributed by atoms with van der Waals surface area (Å²) in [6.45, 7) is 1.56. The van der Waals surface area contributed by atoms with Crippen molar-refractivity contribution in [3.8, 4) is 0 Å². The molecule has 0 aliphatic rings. The molecular weight excluding hydrogens is 487 g/mol. The molecule has 3 aromatic carbocycles. The Morgan fingerprint density at radius 1 is 0.929 bits per heavy atom. The van der Waals surface area contributed by atoms with E-state index < -0.39 is 15.9 Å². The van der Waals surface area contributed by atoms with Gasteiger partial charge < -0.3 is 5.32 Å². The van der Waals surface area contributed by atoms with Crippen LogP contribution in [0.25, 0.3) is 0 Å². The fourth-order valence-corrected chi connectivity index (χ4v) is 4.39. The van der Waals surface area contributed by atoms with Crippen molar-refractivity contribution in [3.05, 3.63) is 88.0 Å². The number of nitrogens with one attached hydrogen (secondary N) is 1. The fraction of sp³-hybridized carbons (Fsp3) is 0.0952. The van der Waals surface area contributed by atoms with E-state index in [9.17, 15) is 13.2 Å². The lowest BCUT2D eigenvalue weighted by atomic mass is 10.2. The summed E-state index contributed by atoms with van der Waals surface area (Å²) in [6.07, 6.45) is 0. The van der Waals surface area contributed by atoms with Crippen molar-refractivity contribution < 1.29 is 13.2 Å². The summed E-state index contributed by atoms with van der Waals surface area (Å²) in [6, 6.07) is 22.5. The van der Waals surface area contributed by atoms with Crippen LogP contribution in [-0.4, -0.2) is 20.9 Å². The minimum atomic E-state index is -3.89. The maximum absolute atomic E-state index is 13.2. The average molecular weight is 506 g/mol. The molecule has 28 heavy (non-hydrogen) atoms. The van der Waals surface area contributed by atoms with Crippen molar-refractivity contribution in [2.75, 3.05) is 16.2 Å². The SMILES string of the molecule is Cc1ccc(S(=O)(=O)N(CC(=O)Nc2ccc(I)cc2)c2ccccc2)cc1. The third kappa shape index (κ3) is 4.90. The van der Waals surface area contributed by atoms with E-state index in [2.05, 4.69) is 27.9 Å². The van der Waals surface area contributed by atoms with Crippen LogP contribution < -0.4 is 9.62 Å². The second kappa shape index (κ2) is 8.74. The first-order valence-electron chi connectivity index (χ1n) is 8.56. The lowest BCUT2D eigenvalue weighted by Gasteiger charge is -2.24. The van der Waals surface area contributed by atoms with Crippen molar-refractivity contribution >= 4 is 49.9 Å². The molecule has 0 heterocycles. The Labute approximate surface area is 178 Å². The number of sulfonamides is 1. The summed E-state index contributed by atoms with van der Waals surface area (Å²) in [5.74, 6) is -0.416. The minimum Gasteiger partial charge on any atom is -0.325 e. The number of carbonyl (C=O) groups is 1. The zero-order valence-electron chi connectivity index (χ0n) is 15.2. The highest BCUT2D eigenvalue weighted by Crippen LogP contribution is 2.24. The summed E-state index contributed by atoms with van der Waals surface area (Å²) in [7, 11) is -3.89. The molecule has 1 amide bonds. The third-order valence-corrected chi connectivity index (χ3v) is 6.58. The molecule has 0 saturated carbocycles. The quantitative estimate of drug-likeness (QED) is 0.503. The second-order valence-corrected chi connectivity index (χ2v) is 9.32. The number of hydrogen-bond donors (Lipinski definition) is 1. The summed E-state index contributed by atoms with van der Waals surface area (Å²) >= 11 is 2.18. The molecule has 0 fully saturated rings. The van der Waals surface area contributed by atoms with Crippen molar-refractivity contribution in [2.24, 2.45) is 0 Å². The van der Waals surface area contributed by atoms with Gasteiger partial charge >= 0.3 is 0 Å². The number of benzene rings is 3. The van der Waals surface area contributed by atoms with Gasteiger partial charge in [-0.1, -0.05) is 35.9 Å². The number of hydrogen-bond acceptors (Lipinski definition) is 3. The van der Waals surface area contributed by atoms with Crippen LogP contribution in [0.1, 0.15) is 5.56 Å². The van der Waals surface area contributed by atoms with Crippen LogP contribution >= 0.6 is 22.6 Å². The van der Waals surface area contributed by atoms with Gasteiger partial charge in [0.2, 0.25) is 5.91 Å². The van der Waals surface area contributed by atoms with Crippen LogP contribution in [0.4, 0.5) is 11.4 Å². The van der Waals surface area contributed by atoms with Gasteiger partial charge in [-0.3, -0.25) is 9.10 Å². The number of rotatable bonds is 6. The molecule has 0 saturated heterocycles. The Kier molecular flexibility index (Phi) is 6.35. The summed E-state index contributed by atoms with van der Waals surface area (Å²) in [4.78, 5) is 12.7. The molecule has 144 valence electrons. The van der Waals surface area contributed by atoms with Crippen LogP contribution in [0.5, 0.6) is 0 Å². The molecule has 3 aromatic rings. The van der Waals surface area contributed by atoms with Crippen LogP contribution in [0.2, 0.25) is 0 Å². The first kappa shape index (κ1) is 20.3. The van der Waals surface area contributed by atoms with Gasteiger partial charge in [0.05, 0.1) is 10.6 Å². The van der Waals surface area contributed by atoms with E-state index in [4.69, 9.17) is 0 Å². The Bertz CT molecular complexity index is 1050. The van der Waals surface area contributed by atoms with E-state index in [-0.39, 0.29) is 11.4 Å². The van der Waals surface area contributed by atoms with Gasteiger partial charge in [-0.2, -0.15) is 0 Å². The van der Waals surface area contributed by atoms with Gasteiger partial charge in [0.1, 0.15) is 6.54 Å². The number of nitrogens with zero attached hydrogens (tertiary/aromatic N) is 1. The van der Waals surface area contributed by atoms with Crippen molar-refractivity contribution in [3.63, 3.8) is 0 Å². The molecule has 3 rings (SSSR count). The number of carbonyl (C=O) groups excluding carboxylic acids is 1. The van der Waals surface area contributed by atoms with E-state index in [1.54, 1.807) is 66.7 Å². The van der Waals surface area contributed by atoms with E-state index in [0.29, 0.717) is 11.4 Å². The van der Waals surface area contributed by atoms with Gasteiger partial charge in [-0.25, -0.2) is 8.42 Å². The molecule has 0 radical (unpaired) electrons. The zero-order valence-corrected chi connectivity index (χ0v) is 18.1. The van der Waals surface area contributed by atoms with Crippen LogP contribution in [-0.2, 0) is 14.8 Å². The highest BCUT2D eigenvalue weighted by Gasteiger charge is 2.27. The molecule has 0 aromatic heterocycles. The van der Waals surface area contributed by atoms with Crippen LogP contribution in [0.3, 0.4) is 0 Å². The van der Waals surface area contributed by atoms with E-state index in [1.165, 1.54) is 0 Å². The van der Waals surface area contributed by atoms with Gasteiger partial charge in [-0.05, 0) is 78.0 Å². The molecule has 5 nitrogen and oxygen atoms in total. The average Bonchev–Trinajstić information content (AvgIpc) is 2.69. The number of aryl methyl sites for hydroxylation is 1. The van der Waals surface area contributed by atoms with Crippen molar-refractivity contribution in [2.45, 2.75) is 11.8 Å². The molecule has 7 heteroatoms. The van der Waals surface area contributed by atoms with Crippen molar-refractivity contribution in [1.82, 2.24) is 0 Å². The molecule has 0 unspecified atom stereocenters. The van der Waals surface area contributed by atoms with E-state index in [1.807, 2.05) is 19.1 Å². The summed E-state index contributed by atoms with van der Waals surface area (Å²) < 4.78 is 28.6. The third-order valence-electron chi connectivity index (χ3n) is 4.07. The van der Waals surface area contributed by atoms with Crippen molar-refractivity contribution in [1.29, 1.82) is 0 Å². The van der Waals surface area contributed by atoms with Crippen LogP contribution in [0, 0.1) is 10.5 Å². The van der Waals surface area contributed by atoms with Gasteiger partial charge in [0, 0.05) is 9.26 Å². The maximum atomic E-state index is 13.2. The number of halogens is 1. The molecule has 0 spiro atoms. The molecular formula is C21H19IN2O3S. The lowest BCUT2D eigenvalue weighted by Crippen LogP contribution is -2.38. The largest absolute Gasteiger partial charge is 0.325 e. The zero-order chi connectivity index (χ0) is 20.1. The van der Waals surface area contributed by atoms with Gasteiger partial charge in [0.15, 0.2) is 0 Å². The molecule has 0 bridgehead atoms. The molecule has 0 aliphatic heterocycles. The smallest absolute Gasteiger partial charge is 0.264 e. The highest BCUT2D eigenvalue weighted by molar-refractivity contribution is 14.1. The van der Waals surface area contributed by atoms with Gasteiger partial charge in [0.25, 0.3) is 10.0 Å². The molecule has 0 atom stereocenters. The Morgan fingerprint density at radius 3 is 2.14 bits per heavy atom. The number of amides is 1. The van der Waals surface area contributed by atoms with Crippen LogP contribution in [0.15, 0.2) is 83.8 Å². The minimum absolute atomic E-state index is 0.143. The molecule has 1 N–H and O–H groups in total. The second-order valence-electron chi connectivity index (χ2n) is 6.22. The fourth-order valence-electron chi connectivity index (χ4n) is 2.61. The first-order valence-corrected chi connectivity index (χ1v) is 11.1. The Hall–Kier alpha value is -2.39. The number of para-hydroxylation sites is 1. The maximum Gasteiger partial charge on any atom is 0.264 e. The normalized spacial score (nSPS) is 11.1. The Morgan fingerprint density at radius 2 is 1.54 bits per heavy atom. The predicted molar refractivity (Wildman–Crippen MR) is 120 cm³/mol. The predicted octanol–water partition coefficient (Wildman–Crippen LogP) is 4.43. The molecule has 0 aliphatic carbocycles. The monoisotopic (exact) mass is 506 g/mol. The van der Waals surface area contributed by atoms with E-state index >= 15 is 0 Å². The first-order chi connectivity index (χ1) is 13.4.